The quantitative estimate of drug-likeness (QED) is 0.680. The molecule has 12 heavy (non-hydrogen) atoms. The molecule has 0 aromatic heterocycles. The monoisotopic (exact) mass is 168 g/mol. The Morgan fingerprint density at radius 3 is 2.67 bits per heavy atom. The molecule has 64 valence electrons. The number of hydrogen-bond acceptors (Lipinski definition) is 2. The van der Waals surface area contributed by atoms with Gasteiger partial charge in [0.05, 0.1) is 6.61 Å². The van der Waals surface area contributed by atoms with Crippen LogP contribution in [0.25, 0.3) is 0 Å². The molecule has 0 amide bonds. The van der Waals surface area contributed by atoms with Gasteiger partial charge in [-0.1, -0.05) is 12.1 Å². The van der Waals surface area contributed by atoms with E-state index in [-0.39, 0.29) is 18.0 Å². The predicted octanol–water partition coefficient (Wildman–Crippen LogP) is 1.52. The Balaban J connectivity index is 3.10. The highest BCUT2D eigenvalue weighted by molar-refractivity contribution is 5.94. The van der Waals surface area contributed by atoms with Gasteiger partial charge in [-0.25, -0.2) is 4.39 Å². The number of rotatable bonds is 2. The first-order chi connectivity index (χ1) is 5.65. The molecule has 1 aromatic rings. The number of halogens is 1. The van der Waals surface area contributed by atoms with E-state index in [9.17, 15) is 9.18 Å². The molecule has 0 aliphatic carbocycles. The molecule has 0 spiro atoms. The predicted molar refractivity (Wildman–Crippen MR) is 42.3 cm³/mol. The molecule has 0 radical (unpaired) electrons. The Hall–Kier alpha value is -1.22. The molecule has 0 bridgehead atoms. The fourth-order valence-corrected chi connectivity index (χ4v) is 0.895. The number of carbonyl (C=O) groups excluding carboxylic acids is 1. The number of aliphatic hydroxyl groups is 1. The van der Waals surface area contributed by atoms with Crippen molar-refractivity contribution in [3.05, 3.63) is 35.1 Å². The molecule has 0 unspecified atom stereocenters. The Labute approximate surface area is 69.6 Å². The molecule has 0 heterocycles. The molecule has 0 saturated carbocycles. The molecule has 1 rings (SSSR count). The topological polar surface area (TPSA) is 37.3 Å². The van der Waals surface area contributed by atoms with Crippen molar-refractivity contribution in [2.45, 2.75) is 13.5 Å². The van der Waals surface area contributed by atoms with Crippen LogP contribution in [0, 0.1) is 5.82 Å². The first-order valence-electron chi connectivity index (χ1n) is 3.55. The summed E-state index contributed by atoms with van der Waals surface area (Å²) in [4.78, 5) is 10.8. The second-order valence-electron chi connectivity index (χ2n) is 2.52. The third kappa shape index (κ3) is 1.68. The van der Waals surface area contributed by atoms with Crippen LogP contribution in [0.1, 0.15) is 22.8 Å². The van der Waals surface area contributed by atoms with Crippen LogP contribution >= 0.6 is 0 Å². The molecule has 3 heteroatoms. The van der Waals surface area contributed by atoms with Crippen LogP contribution in [0.2, 0.25) is 0 Å². The minimum Gasteiger partial charge on any atom is -0.392 e. The third-order valence-corrected chi connectivity index (χ3v) is 1.63. The van der Waals surface area contributed by atoms with Crippen molar-refractivity contribution < 1.29 is 14.3 Å². The van der Waals surface area contributed by atoms with Crippen molar-refractivity contribution in [3.63, 3.8) is 0 Å². The Morgan fingerprint density at radius 1 is 1.58 bits per heavy atom. The zero-order valence-corrected chi connectivity index (χ0v) is 6.67. The summed E-state index contributed by atoms with van der Waals surface area (Å²) in [7, 11) is 0. The van der Waals surface area contributed by atoms with Crippen molar-refractivity contribution in [3.8, 4) is 0 Å². The van der Waals surface area contributed by atoms with Gasteiger partial charge in [-0.05, 0) is 13.0 Å². The standard InChI is InChI=1S/C9H9FO2/c1-6(12)7-2-3-8(5-11)9(10)4-7/h2-4,11H,5H2,1H3. The first kappa shape index (κ1) is 8.87. The lowest BCUT2D eigenvalue weighted by atomic mass is 10.1. The van der Waals surface area contributed by atoms with Crippen molar-refractivity contribution >= 4 is 5.78 Å². The van der Waals surface area contributed by atoms with Gasteiger partial charge in [-0.3, -0.25) is 4.79 Å². The van der Waals surface area contributed by atoms with Crippen LogP contribution < -0.4 is 0 Å². The molecule has 2 nitrogen and oxygen atoms in total. The second kappa shape index (κ2) is 3.45. The Kier molecular flexibility index (Phi) is 2.55. The van der Waals surface area contributed by atoms with Gasteiger partial charge < -0.3 is 5.11 Å². The van der Waals surface area contributed by atoms with E-state index in [1.165, 1.54) is 19.1 Å². The number of carbonyl (C=O) groups is 1. The third-order valence-electron chi connectivity index (χ3n) is 1.63. The summed E-state index contributed by atoms with van der Waals surface area (Å²) in [5.41, 5.74) is 0.532. The van der Waals surface area contributed by atoms with E-state index < -0.39 is 5.82 Å². The van der Waals surface area contributed by atoms with Crippen LogP contribution in [0.4, 0.5) is 4.39 Å². The fourth-order valence-electron chi connectivity index (χ4n) is 0.895. The van der Waals surface area contributed by atoms with Crippen LogP contribution in [0.3, 0.4) is 0 Å². The summed E-state index contributed by atoms with van der Waals surface area (Å²) in [5.74, 6) is -0.719. The Morgan fingerprint density at radius 2 is 2.25 bits per heavy atom. The number of aliphatic hydroxyl groups excluding tert-OH is 1. The molecule has 0 saturated heterocycles. The van der Waals surface area contributed by atoms with Gasteiger partial charge in [0.2, 0.25) is 0 Å². The van der Waals surface area contributed by atoms with Gasteiger partial charge in [0, 0.05) is 11.1 Å². The normalized spacial score (nSPS) is 9.92. The second-order valence-corrected chi connectivity index (χ2v) is 2.52. The van der Waals surface area contributed by atoms with Crippen molar-refractivity contribution in [2.24, 2.45) is 0 Å². The largest absolute Gasteiger partial charge is 0.392 e. The molecule has 0 fully saturated rings. The van der Waals surface area contributed by atoms with Crippen LogP contribution in [0.5, 0.6) is 0 Å². The highest BCUT2D eigenvalue weighted by atomic mass is 19.1. The molecule has 0 aliphatic heterocycles. The number of benzene rings is 1. The van der Waals surface area contributed by atoms with Crippen molar-refractivity contribution in [1.29, 1.82) is 0 Å². The number of ketones is 1. The molecule has 0 aliphatic rings. The average molecular weight is 168 g/mol. The fraction of sp³-hybridized carbons (Fsp3) is 0.222. The van der Waals surface area contributed by atoms with Crippen molar-refractivity contribution in [1.82, 2.24) is 0 Å². The maximum absolute atomic E-state index is 12.9. The van der Waals surface area contributed by atoms with Crippen LogP contribution in [-0.2, 0) is 6.61 Å². The lowest BCUT2D eigenvalue weighted by Crippen LogP contribution is -1.96. The summed E-state index contributed by atoms with van der Waals surface area (Å²) in [6, 6.07) is 4.04. The minimum absolute atomic E-state index is 0.182. The van der Waals surface area contributed by atoms with E-state index in [0.717, 1.165) is 6.07 Å². The van der Waals surface area contributed by atoms with Gasteiger partial charge in [0.15, 0.2) is 5.78 Å². The van der Waals surface area contributed by atoms with Gasteiger partial charge in [-0.2, -0.15) is 0 Å². The van der Waals surface area contributed by atoms with E-state index in [1.807, 2.05) is 0 Å². The SMILES string of the molecule is CC(=O)c1ccc(CO)c(F)c1. The van der Waals surface area contributed by atoms with Gasteiger partial charge >= 0.3 is 0 Å². The van der Waals surface area contributed by atoms with E-state index >= 15 is 0 Å². The highest BCUT2D eigenvalue weighted by Gasteiger charge is 2.04. The number of hydrogen-bond donors (Lipinski definition) is 1. The lowest BCUT2D eigenvalue weighted by Gasteiger charge is -2.00. The van der Waals surface area contributed by atoms with Crippen LogP contribution in [0.15, 0.2) is 18.2 Å². The molecule has 1 aromatic carbocycles. The zero-order chi connectivity index (χ0) is 9.14. The summed E-state index contributed by atoms with van der Waals surface area (Å²) in [6.07, 6.45) is 0. The van der Waals surface area contributed by atoms with Gasteiger partial charge in [0.25, 0.3) is 0 Å². The van der Waals surface area contributed by atoms with Crippen molar-refractivity contribution in [2.75, 3.05) is 0 Å². The molecular formula is C9H9FO2. The highest BCUT2D eigenvalue weighted by Crippen LogP contribution is 2.10. The van der Waals surface area contributed by atoms with E-state index in [0.29, 0.717) is 5.56 Å². The van der Waals surface area contributed by atoms with E-state index in [2.05, 4.69) is 0 Å². The lowest BCUT2D eigenvalue weighted by molar-refractivity contribution is 0.101. The smallest absolute Gasteiger partial charge is 0.159 e. The maximum atomic E-state index is 12.9. The molecule has 0 atom stereocenters. The first-order valence-corrected chi connectivity index (χ1v) is 3.55. The van der Waals surface area contributed by atoms with E-state index in [1.54, 1.807) is 0 Å². The average Bonchev–Trinajstić information content (AvgIpc) is 2.04. The minimum atomic E-state index is -0.537. The zero-order valence-electron chi connectivity index (χ0n) is 6.67. The maximum Gasteiger partial charge on any atom is 0.159 e. The Bertz CT molecular complexity index is 307. The summed E-state index contributed by atoms with van der Waals surface area (Å²) in [5, 5.41) is 8.62. The number of Topliss-reactive ketones (excluding diaryl/α,β-unsaturated/α-hetero) is 1. The summed E-state index contributed by atoms with van der Waals surface area (Å²) >= 11 is 0. The van der Waals surface area contributed by atoms with Gasteiger partial charge in [0.1, 0.15) is 5.82 Å². The van der Waals surface area contributed by atoms with Gasteiger partial charge in [-0.15, -0.1) is 0 Å². The van der Waals surface area contributed by atoms with E-state index in [4.69, 9.17) is 5.11 Å². The van der Waals surface area contributed by atoms with Crippen LogP contribution in [-0.4, -0.2) is 10.9 Å². The molecular weight excluding hydrogens is 159 g/mol. The molecule has 1 N–H and O–H groups in total. The summed E-state index contributed by atoms with van der Waals surface area (Å²) in [6.45, 7) is 1.03. The summed E-state index contributed by atoms with van der Waals surface area (Å²) < 4.78 is 12.9.